The molecule has 0 bridgehead atoms. The first-order valence-corrected chi connectivity index (χ1v) is 10.9. The molecule has 2 atom stereocenters. The van der Waals surface area contributed by atoms with Gasteiger partial charge in [-0.3, -0.25) is 9.89 Å². The Bertz CT molecular complexity index is 552. The summed E-state index contributed by atoms with van der Waals surface area (Å²) in [7, 11) is 0. The summed E-state index contributed by atoms with van der Waals surface area (Å²) < 4.78 is 16.9. The predicted molar refractivity (Wildman–Crippen MR) is 111 cm³/mol. The van der Waals surface area contributed by atoms with Crippen LogP contribution < -0.4 is 10.6 Å². The van der Waals surface area contributed by atoms with Gasteiger partial charge in [-0.25, -0.2) is 0 Å². The van der Waals surface area contributed by atoms with E-state index in [0.717, 1.165) is 70.6 Å². The minimum Gasteiger partial charge on any atom is -0.468 e. The first-order chi connectivity index (χ1) is 13.9. The molecule has 3 heterocycles. The Morgan fingerprint density at radius 1 is 1.32 bits per heavy atom. The molecule has 2 aliphatic rings. The Labute approximate surface area is 168 Å². The van der Waals surface area contributed by atoms with Gasteiger partial charge in [0.1, 0.15) is 5.76 Å². The second kappa shape index (κ2) is 12.1. The average molecular weight is 393 g/mol. The molecule has 1 aromatic heterocycles. The van der Waals surface area contributed by atoms with Crippen LogP contribution in [0.2, 0.25) is 0 Å². The van der Waals surface area contributed by atoms with Crippen LogP contribution in [0.3, 0.4) is 0 Å². The van der Waals surface area contributed by atoms with E-state index in [2.05, 4.69) is 28.5 Å². The summed E-state index contributed by atoms with van der Waals surface area (Å²) >= 11 is 0. The van der Waals surface area contributed by atoms with E-state index in [1.54, 1.807) is 6.26 Å². The van der Waals surface area contributed by atoms with E-state index >= 15 is 0 Å². The molecule has 0 amide bonds. The summed E-state index contributed by atoms with van der Waals surface area (Å²) in [6.45, 7) is 9.03. The van der Waals surface area contributed by atoms with Crippen molar-refractivity contribution in [1.82, 2.24) is 15.5 Å². The molecule has 2 N–H and O–H groups in total. The standard InChI is InChI=1S/C21H36N4O3/c1-2-22-21(23-10-7-14-27-18-9-15-26-17-18)24-16-19(20-8-6-13-28-20)25-11-4-3-5-12-25/h6,8,13,18-19H,2-5,7,9-12,14-17H2,1H3,(H2,22,23,24). The van der Waals surface area contributed by atoms with Crippen LogP contribution >= 0.6 is 0 Å². The molecule has 7 nitrogen and oxygen atoms in total. The van der Waals surface area contributed by atoms with Crippen molar-refractivity contribution in [1.29, 1.82) is 0 Å². The topological polar surface area (TPSA) is 71.3 Å². The number of likely N-dealkylation sites (tertiary alicyclic amines) is 1. The van der Waals surface area contributed by atoms with E-state index < -0.39 is 0 Å². The van der Waals surface area contributed by atoms with Crippen molar-refractivity contribution >= 4 is 5.96 Å². The van der Waals surface area contributed by atoms with E-state index in [1.807, 2.05) is 6.07 Å². The van der Waals surface area contributed by atoms with Crippen molar-refractivity contribution in [2.45, 2.75) is 51.2 Å². The largest absolute Gasteiger partial charge is 0.468 e. The highest BCUT2D eigenvalue weighted by Crippen LogP contribution is 2.25. The summed E-state index contributed by atoms with van der Waals surface area (Å²) in [5, 5.41) is 6.78. The lowest BCUT2D eigenvalue weighted by molar-refractivity contribution is 0.0420. The van der Waals surface area contributed by atoms with Crippen LogP contribution in [0, 0.1) is 0 Å². The summed E-state index contributed by atoms with van der Waals surface area (Å²) in [5.41, 5.74) is 0. The van der Waals surface area contributed by atoms with Crippen molar-refractivity contribution in [2.75, 3.05) is 52.5 Å². The predicted octanol–water partition coefficient (Wildman–Crippen LogP) is 2.56. The highest BCUT2D eigenvalue weighted by molar-refractivity contribution is 5.79. The van der Waals surface area contributed by atoms with Gasteiger partial charge in [-0.1, -0.05) is 6.42 Å². The number of piperidine rings is 1. The van der Waals surface area contributed by atoms with Crippen LogP contribution in [0.15, 0.2) is 27.8 Å². The maximum Gasteiger partial charge on any atom is 0.191 e. The first-order valence-electron chi connectivity index (χ1n) is 10.9. The van der Waals surface area contributed by atoms with Crippen molar-refractivity contribution in [3.63, 3.8) is 0 Å². The van der Waals surface area contributed by atoms with Gasteiger partial charge < -0.3 is 24.5 Å². The van der Waals surface area contributed by atoms with Crippen molar-refractivity contribution < 1.29 is 13.9 Å². The molecule has 2 fully saturated rings. The maximum atomic E-state index is 5.83. The molecule has 0 spiro atoms. The van der Waals surface area contributed by atoms with Crippen LogP contribution in [0.25, 0.3) is 0 Å². The van der Waals surface area contributed by atoms with Gasteiger partial charge in [-0.15, -0.1) is 0 Å². The molecule has 1 aromatic rings. The summed E-state index contributed by atoms with van der Waals surface area (Å²) in [6, 6.07) is 4.24. The molecule has 7 heteroatoms. The van der Waals surface area contributed by atoms with Gasteiger partial charge in [0.2, 0.25) is 0 Å². The number of rotatable bonds is 10. The quantitative estimate of drug-likeness (QED) is 0.362. The van der Waals surface area contributed by atoms with Crippen LogP contribution in [0.5, 0.6) is 0 Å². The second-order valence-electron chi connectivity index (χ2n) is 7.48. The number of ether oxygens (including phenoxy) is 2. The number of hydrogen-bond donors (Lipinski definition) is 2. The van der Waals surface area contributed by atoms with E-state index in [4.69, 9.17) is 18.9 Å². The fourth-order valence-electron chi connectivity index (χ4n) is 3.79. The molecule has 0 aliphatic carbocycles. The molecule has 2 saturated heterocycles. The van der Waals surface area contributed by atoms with E-state index in [1.165, 1.54) is 19.3 Å². The summed E-state index contributed by atoms with van der Waals surface area (Å²) in [5.74, 6) is 1.87. The molecular formula is C21H36N4O3. The number of guanidine groups is 1. The van der Waals surface area contributed by atoms with Crippen LogP contribution in [-0.4, -0.2) is 69.5 Å². The third kappa shape index (κ3) is 6.79. The lowest BCUT2D eigenvalue weighted by Gasteiger charge is -2.32. The Balaban J connectivity index is 1.47. The third-order valence-corrected chi connectivity index (χ3v) is 5.32. The van der Waals surface area contributed by atoms with Crippen LogP contribution in [0.1, 0.15) is 50.8 Å². The zero-order chi connectivity index (χ0) is 19.4. The normalized spacial score (nSPS) is 22.3. The van der Waals surface area contributed by atoms with E-state index in [-0.39, 0.29) is 12.1 Å². The Kier molecular flexibility index (Phi) is 9.13. The van der Waals surface area contributed by atoms with Crippen LogP contribution in [0.4, 0.5) is 0 Å². The number of nitrogens with zero attached hydrogens (tertiary/aromatic N) is 2. The minimum absolute atomic E-state index is 0.205. The number of hydrogen-bond acceptors (Lipinski definition) is 5. The fraction of sp³-hybridized carbons (Fsp3) is 0.762. The monoisotopic (exact) mass is 392 g/mol. The van der Waals surface area contributed by atoms with Crippen molar-refractivity contribution in [3.8, 4) is 0 Å². The SMILES string of the molecule is CCNC(=NCC(c1ccco1)N1CCCCC1)NCCCOC1CCOC1. The van der Waals surface area contributed by atoms with Gasteiger partial charge in [-0.2, -0.15) is 0 Å². The number of aliphatic imine (C=N–C) groups is 1. The summed E-state index contributed by atoms with van der Waals surface area (Å²) in [6.07, 6.45) is 7.84. The molecule has 3 rings (SSSR count). The van der Waals surface area contributed by atoms with Gasteiger partial charge in [0.25, 0.3) is 0 Å². The maximum absolute atomic E-state index is 5.83. The lowest BCUT2D eigenvalue weighted by atomic mass is 10.1. The van der Waals surface area contributed by atoms with Crippen LogP contribution in [-0.2, 0) is 9.47 Å². The zero-order valence-corrected chi connectivity index (χ0v) is 17.2. The lowest BCUT2D eigenvalue weighted by Crippen LogP contribution is -2.40. The Morgan fingerprint density at radius 3 is 2.93 bits per heavy atom. The highest BCUT2D eigenvalue weighted by atomic mass is 16.5. The summed E-state index contributed by atoms with van der Waals surface area (Å²) in [4.78, 5) is 7.36. The fourth-order valence-corrected chi connectivity index (χ4v) is 3.79. The smallest absolute Gasteiger partial charge is 0.191 e. The van der Waals surface area contributed by atoms with E-state index in [9.17, 15) is 0 Å². The number of nitrogens with one attached hydrogen (secondary N) is 2. The third-order valence-electron chi connectivity index (χ3n) is 5.32. The Morgan fingerprint density at radius 2 is 2.21 bits per heavy atom. The van der Waals surface area contributed by atoms with Gasteiger partial charge in [0.15, 0.2) is 5.96 Å². The van der Waals surface area contributed by atoms with Gasteiger partial charge in [-0.05, 0) is 57.8 Å². The minimum atomic E-state index is 0.205. The molecule has 0 saturated carbocycles. The first kappa shape index (κ1) is 21.1. The second-order valence-corrected chi connectivity index (χ2v) is 7.48. The molecule has 0 radical (unpaired) electrons. The Hall–Kier alpha value is -1.57. The molecule has 2 aliphatic heterocycles. The van der Waals surface area contributed by atoms with E-state index in [0.29, 0.717) is 6.54 Å². The molecule has 158 valence electrons. The molecule has 0 aromatic carbocycles. The van der Waals surface area contributed by atoms with Gasteiger partial charge >= 0.3 is 0 Å². The molecule has 2 unspecified atom stereocenters. The highest BCUT2D eigenvalue weighted by Gasteiger charge is 2.24. The average Bonchev–Trinajstić information content (AvgIpc) is 3.43. The van der Waals surface area contributed by atoms with Crippen molar-refractivity contribution in [3.05, 3.63) is 24.2 Å². The molecule has 28 heavy (non-hydrogen) atoms. The number of furan rings is 1. The molecular weight excluding hydrogens is 356 g/mol. The van der Waals surface area contributed by atoms with Crippen molar-refractivity contribution in [2.24, 2.45) is 4.99 Å². The van der Waals surface area contributed by atoms with Gasteiger partial charge in [0, 0.05) is 26.3 Å². The van der Waals surface area contributed by atoms with Gasteiger partial charge in [0.05, 0.1) is 31.6 Å². The zero-order valence-electron chi connectivity index (χ0n) is 17.2.